The van der Waals surface area contributed by atoms with Crippen molar-refractivity contribution in [2.75, 3.05) is 0 Å². The number of aryl methyl sites for hydroxylation is 3. The van der Waals surface area contributed by atoms with Crippen molar-refractivity contribution in [1.29, 1.82) is 0 Å². The average Bonchev–Trinajstić information content (AvgIpc) is 2.30. The predicted molar refractivity (Wildman–Crippen MR) is 74.0 cm³/mol. The second-order valence-electron chi connectivity index (χ2n) is 4.76. The molecule has 0 bridgehead atoms. The maximum Gasteiger partial charge on any atom is 0.211 e. The molecule has 19 heavy (non-hydrogen) atoms. The molecule has 1 aromatic carbocycles. The molecule has 0 aliphatic rings. The molecule has 0 aliphatic heterocycles. The van der Waals surface area contributed by atoms with Crippen LogP contribution < -0.4 is 5.43 Å². The highest BCUT2D eigenvalue weighted by Gasteiger charge is 2.12. The second-order valence-corrected chi connectivity index (χ2v) is 4.76. The second kappa shape index (κ2) is 4.80. The minimum Gasteiger partial charge on any atom is -0.293 e. The van der Waals surface area contributed by atoms with E-state index in [1.807, 2.05) is 32.0 Å². The molecular weight excluding hydrogens is 240 g/mol. The molecule has 98 valence electrons. The van der Waals surface area contributed by atoms with Gasteiger partial charge in [-0.1, -0.05) is 17.7 Å². The number of carbonyl (C=O) groups excluding carboxylic acids is 1. The van der Waals surface area contributed by atoms with Crippen molar-refractivity contribution in [1.82, 2.24) is 9.78 Å². The van der Waals surface area contributed by atoms with E-state index < -0.39 is 0 Å². The van der Waals surface area contributed by atoms with Crippen LogP contribution in [0.3, 0.4) is 0 Å². The Labute approximate surface area is 111 Å². The molecule has 2 rings (SSSR count). The minimum atomic E-state index is -0.328. The maximum atomic E-state index is 11.7. The van der Waals surface area contributed by atoms with Crippen molar-refractivity contribution >= 4 is 5.78 Å². The van der Waals surface area contributed by atoms with Gasteiger partial charge in [0.15, 0.2) is 11.5 Å². The van der Waals surface area contributed by atoms with E-state index in [4.69, 9.17) is 0 Å². The van der Waals surface area contributed by atoms with Crippen molar-refractivity contribution in [2.45, 2.75) is 27.7 Å². The summed E-state index contributed by atoms with van der Waals surface area (Å²) < 4.78 is 1.65. The maximum absolute atomic E-state index is 11.7. The molecule has 2 aromatic rings. The summed E-state index contributed by atoms with van der Waals surface area (Å²) in [5.41, 5.74) is 3.45. The van der Waals surface area contributed by atoms with Crippen LogP contribution >= 0.6 is 0 Å². The van der Waals surface area contributed by atoms with Gasteiger partial charge < -0.3 is 0 Å². The molecule has 0 unspecified atom stereocenters. The molecule has 0 N–H and O–H groups in total. The third-order valence-corrected chi connectivity index (χ3v) is 3.02. The lowest BCUT2D eigenvalue weighted by molar-refractivity contribution is 0.101. The van der Waals surface area contributed by atoms with Crippen molar-refractivity contribution < 1.29 is 4.79 Å². The lowest BCUT2D eigenvalue weighted by atomic mass is 10.1. The number of rotatable bonds is 2. The Morgan fingerprint density at radius 1 is 1.16 bits per heavy atom. The summed E-state index contributed by atoms with van der Waals surface area (Å²) in [5, 5.41) is 4.19. The highest BCUT2D eigenvalue weighted by atomic mass is 16.1. The molecule has 4 heteroatoms. The van der Waals surface area contributed by atoms with Crippen molar-refractivity contribution in [3.8, 4) is 5.69 Å². The zero-order valence-corrected chi connectivity index (χ0v) is 11.5. The molecule has 0 atom stereocenters. The SMILES string of the molecule is CC(=O)c1nn(-c2ccc(C)cc2C)c(C)cc1=O. The van der Waals surface area contributed by atoms with Gasteiger partial charge in [0.25, 0.3) is 0 Å². The van der Waals surface area contributed by atoms with Gasteiger partial charge in [0, 0.05) is 18.7 Å². The molecule has 0 saturated heterocycles. The van der Waals surface area contributed by atoms with Crippen LogP contribution in [0.2, 0.25) is 0 Å². The molecule has 1 heterocycles. The third kappa shape index (κ3) is 2.47. The van der Waals surface area contributed by atoms with Crippen LogP contribution in [-0.2, 0) is 0 Å². The third-order valence-electron chi connectivity index (χ3n) is 3.02. The van der Waals surface area contributed by atoms with Crippen LogP contribution in [0.15, 0.2) is 29.1 Å². The van der Waals surface area contributed by atoms with Gasteiger partial charge >= 0.3 is 0 Å². The van der Waals surface area contributed by atoms with Gasteiger partial charge in [0.05, 0.1) is 5.69 Å². The Balaban J connectivity index is 2.71. The van der Waals surface area contributed by atoms with Crippen LogP contribution in [0.4, 0.5) is 0 Å². The van der Waals surface area contributed by atoms with Gasteiger partial charge in [-0.2, -0.15) is 5.10 Å². The van der Waals surface area contributed by atoms with Gasteiger partial charge in [-0.25, -0.2) is 4.68 Å². The number of benzene rings is 1. The fourth-order valence-corrected chi connectivity index (χ4v) is 2.08. The Hall–Kier alpha value is -2.23. The summed E-state index contributed by atoms with van der Waals surface area (Å²) in [6.45, 7) is 7.15. The van der Waals surface area contributed by atoms with Crippen LogP contribution in [0, 0.1) is 20.8 Å². The Morgan fingerprint density at radius 2 is 1.84 bits per heavy atom. The predicted octanol–water partition coefficient (Wildman–Crippen LogP) is 2.36. The van der Waals surface area contributed by atoms with Crippen molar-refractivity contribution in [3.05, 3.63) is 57.0 Å². The first-order valence-electron chi connectivity index (χ1n) is 6.09. The molecule has 4 nitrogen and oxygen atoms in total. The topological polar surface area (TPSA) is 52.0 Å². The van der Waals surface area contributed by atoms with E-state index in [1.165, 1.54) is 13.0 Å². The highest BCUT2D eigenvalue weighted by molar-refractivity contribution is 5.91. The van der Waals surface area contributed by atoms with Crippen LogP contribution in [0.5, 0.6) is 0 Å². The first kappa shape index (κ1) is 13.2. The zero-order valence-electron chi connectivity index (χ0n) is 11.5. The summed E-state index contributed by atoms with van der Waals surface area (Å²) in [6, 6.07) is 7.42. The standard InChI is InChI=1S/C15H16N2O2/c1-9-5-6-13(10(2)7-9)17-11(3)8-14(19)15(16-17)12(4)18/h5-8H,1-4H3. The summed E-state index contributed by atoms with van der Waals surface area (Å²) in [5.74, 6) is -0.316. The van der Waals surface area contributed by atoms with E-state index in [1.54, 1.807) is 11.6 Å². The van der Waals surface area contributed by atoms with Gasteiger partial charge in [0.1, 0.15) is 0 Å². The molecule has 1 aromatic heterocycles. The number of hydrogen-bond donors (Lipinski definition) is 0. The number of nitrogens with zero attached hydrogens (tertiary/aromatic N) is 2. The molecular formula is C15H16N2O2. The smallest absolute Gasteiger partial charge is 0.211 e. The molecule has 0 spiro atoms. The van der Waals surface area contributed by atoms with Crippen LogP contribution in [0.25, 0.3) is 5.69 Å². The van der Waals surface area contributed by atoms with E-state index in [2.05, 4.69) is 5.10 Å². The van der Waals surface area contributed by atoms with Gasteiger partial charge in [0.2, 0.25) is 5.43 Å². The van der Waals surface area contributed by atoms with E-state index in [9.17, 15) is 9.59 Å². The monoisotopic (exact) mass is 256 g/mol. The summed E-state index contributed by atoms with van der Waals surface area (Å²) >= 11 is 0. The molecule has 0 saturated carbocycles. The number of Topliss-reactive ketones (excluding diaryl/α,β-unsaturated/α-hetero) is 1. The average molecular weight is 256 g/mol. The van der Waals surface area contributed by atoms with E-state index >= 15 is 0 Å². The van der Waals surface area contributed by atoms with Crippen molar-refractivity contribution in [2.24, 2.45) is 0 Å². The highest BCUT2D eigenvalue weighted by Crippen LogP contribution is 2.16. The van der Waals surface area contributed by atoms with Gasteiger partial charge in [-0.3, -0.25) is 9.59 Å². The number of carbonyl (C=O) groups is 1. The van der Waals surface area contributed by atoms with E-state index in [0.29, 0.717) is 5.69 Å². The molecule has 0 radical (unpaired) electrons. The number of hydrogen-bond acceptors (Lipinski definition) is 3. The quantitative estimate of drug-likeness (QED) is 0.775. The van der Waals surface area contributed by atoms with Crippen LogP contribution in [-0.4, -0.2) is 15.6 Å². The fourth-order valence-electron chi connectivity index (χ4n) is 2.08. The number of aromatic nitrogens is 2. The minimum absolute atomic E-state index is 0.0226. The largest absolute Gasteiger partial charge is 0.293 e. The first-order chi connectivity index (χ1) is 8.90. The fraction of sp³-hybridized carbons (Fsp3) is 0.267. The van der Waals surface area contributed by atoms with Gasteiger partial charge in [-0.15, -0.1) is 0 Å². The van der Waals surface area contributed by atoms with E-state index in [0.717, 1.165) is 16.8 Å². The van der Waals surface area contributed by atoms with Gasteiger partial charge in [-0.05, 0) is 32.4 Å². The summed E-state index contributed by atoms with van der Waals surface area (Å²) in [4.78, 5) is 23.1. The normalized spacial score (nSPS) is 10.5. The molecule has 0 amide bonds. The Bertz CT molecular complexity index is 715. The zero-order chi connectivity index (χ0) is 14.2. The lowest BCUT2D eigenvalue weighted by Crippen LogP contribution is -2.21. The lowest BCUT2D eigenvalue weighted by Gasteiger charge is -2.13. The molecule has 0 fully saturated rings. The summed E-state index contributed by atoms with van der Waals surface area (Å²) in [6.07, 6.45) is 0. The number of ketones is 1. The Kier molecular flexibility index (Phi) is 3.34. The van der Waals surface area contributed by atoms with Crippen LogP contribution in [0.1, 0.15) is 34.2 Å². The first-order valence-corrected chi connectivity index (χ1v) is 6.09. The van der Waals surface area contributed by atoms with Crippen molar-refractivity contribution in [3.63, 3.8) is 0 Å². The Morgan fingerprint density at radius 3 is 2.42 bits per heavy atom. The molecule has 0 aliphatic carbocycles. The summed E-state index contributed by atoms with van der Waals surface area (Å²) in [7, 11) is 0. The van der Waals surface area contributed by atoms with E-state index in [-0.39, 0.29) is 16.9 Å².